The Morgan fingerprint density at radius 1 is 1.43 bits per heavy atom. The van der Waals surface area contributed by atoms with Crippen molar-refractivity contribution in [3.8, 4) is 5.75 Å². The van der Waals surface area contributed by atoms with Crippen LogP contribution in [0.5, 0.6) is 5.75 Å². The number of benzene rings is 1. The Labute approximate surface area is 81.5 Å². The van der Waals surface area contributed by atoms with Crippen molar-refractivity contribution in [1.82, 2.24) is 0 Å². The van der Waals surface area contributed by atoms with E-state index in [1.165, 1.54) is 19.2 Å². The molecule has 0 radical (unpaired) electrons. The van der Waals surface area contributed by atoms with Gasteiger partial charge in [-0.25, -0.2) is 4.57 Å². The van der Waals surface area contributed by atoms with Crippen molar-refractivity contribution >= 4 is 7.82 Å². The van der Waals surface area contributed by atoms with E-state index < -0.39 is 7.82 Å². The molecule has 0 saturated heterocycles. The van der Waals surface area contributed by atoms with Crippen LogP contribution in [0.15, 0.2) is 24.3 Å². The zero-order valence-corrected chi connectivity index (χ0v) is 8.48. The summed E-state index contributed by atoms with van der Waals surface area (Å²) in [5.74, 6) is 0.132. The lowest BCUT2D eigenvalue weighted by atomic mass is 10.2. The van der Waals surface area contributed by atoms with Gasteiger partial charge in [0.1, 0.15) is 5.75 Å². The minimum atomic E-state index is -4.47. The van der Waals surface area contributed by atoms with Crippen molar-refractivity contribution in [2.75, 3.05) is 7.11 Å². The summed E-state index contributed by atoms with van der Waals surface area (Å²) >= 11 is 0. The molecule has 0 heterocycles. The first-order chi connectivity index (χ1) is 6.51. The summed E-state index contributed by atoms with van der Waals surface area (Å²) in [5, 5.41) is 0. The summed E-state index contributed by atoms with van der Waals surface area (Å²) in [6.45, 7) is 0.373. The molecule has 0 bridgehead atoms. The summed E-state index contributed by atoms with van der Waals surface area (Å²) < 4.78 is 19.8. The van der Waals surface area contributed by atoms with Crippen LogP contribution in [0.25, 0.3) is 0 Å². The van der Waals surface area contributed by atoms with Crippen molar-refractivity contribution in [3.63, 3.8) is 0 Å². The van der Waals surface area contributed by atoms with Crippen LogP contribution in [0.1, 0.15) is 5.56 Å². The average Bonchev–Trinajstić information content (AvgIpc) is 2.02. The molecule has 0 saturated carbocycles. The van der Waals surface area contributed by atoms with E-state index >= 15 is 0 Å². The van der Waals surface area contributed by atoms with Crippen molar-refractivity contribution in [3.05, 3.63) is 29.8 Å². The van der Waals surface area contributed by atoms with Gasteiger partial charge >= 0.3 is 7.82 Å². The third-order valence-electron chi connectivity index (χ3n) is 1.43. The highest BCUT2D eigenvalue weighted by molar-refractivity contribution is 7.46. The molecular formula is C8H11O5P. The maximum Gasteiger partial charge on any atom is 0.524 e. The highest BCUT2D eigenvalue weighted by atomic mass is 31.2. The predicted octanol–water partition coefficient (Wildman–Crippen LogP) is 1.30. The van der Waals surface area contributed by atoms with E-state index in [2.05, 4.69) is 4.52 Å². The normalized spacial score (nSPS) is 11.4. The van der Waals surface area contributed by atoms with Gasteiger partial charge in [0.2, 0.25) is 0 Å². The first-order valence-electron chi connectivity index (χ1n) is 3.84. The van der Waals surface area contributed by atoms with Gasteiger partial charge in [-0.05, 0) is 17.7 Å². The maximum absolute atomic E-state index is 10.5. The van der Waals surface area contributed by atoms with E-state index in [1.54, 1.807) is 12.1 Å². The molecule has 0 unspecified atom stereocenters. The summed E-state index contributed by atoms with van der Waals surface area (Å²) in [6, 6.07) is 6.40. The van der Waals surface area contributed by atoms with Crippen LogP contribution in [0.2, 0.25) is 0 Å². The highest BCUT2D eigenvalue weighted by Crippen LogP contribution is 2.37. The monoisotopic (exact) mass is 218 g/mol. The minimum Gasteiger partial charge on any atom is -0.404 e. The molecule has 1 aromatic rings. The van der Waals surface area contributed by atoms with Gasteiger partial charge in [-0.2, -0.15) is 0 Å². The lowest BCUT2D eigenvalue weighted by molar-refractivity contribution is 0.184. The van der Waals surface area contributed by atoms with E-state index in [0.29, 0.717) is 6.61 Å². The lowest BCUT2D eigenvalue weighted by Crippen LogP contribution is -1.92. The summed E-state index contributed by atoms with van der Waals surface area (Å²) in [6.07, 6.45) is 0. The Morgan fingerprint density at radius 2 is 2.14 bits per heavy atom. The first-order valence-corrected chi connectivity index (χ1v) is 5.37. The fraction of sp³-hybridized carbons (Fsp3) is 0.250. The smallest absolute Gasteiger partial charge is 0.404 e. The van der Waals surface area contributed by atoms with Gasteiger partial charge in [-0.15, -0.1) is 0 Å². The Morgan fingerprint density at radius 3 is 2.71 bits per heavy atom. The van der Waals surface area contributed by atoms with E-state index in [9.17, 15) is 4.57 Å². The molecule has 0 aliphatic rings. The Balaban J connectivity index is 2.78. The van der Waals surface area contributed by atoms with Crippen LogP contribution < -0.4 is 4.52 Å². The van der Waals surface area contributed by atoms with Crippen molar-refractivity contribution < 1.29 is 23.6 Å². The molecule has 1 aromatic carbocycles. The second-order valence-electron chi connectivity index (χ2n) is 2.66. The second kappa shape index (κ2) is 4.57. The topological polar surface area (TPSA) is 76.0 Å². The number of phosphoric acid groups is 1. The number of rotatable bonds is 4. The third-order valence-corrected chi connectivity index (χ3v) is 1.88. The van der Waals surface area contributed by atoms with Gasteiger partial charge in [0.05, 0.1) is 6.61 Å². The summed E-state index contributed by atoms with van der Waals surface area (Å²) in [4.78, 5) is 17.1. The third kappa shape index (κ3) is 3.89. The summed E-state index contributed by atoms with van der Waals surface area (Å²) in [5.41, 5.74) is 0.790. The van der Waals surface area contributed by atoms with Crippen molar-refractivity contribution in [2.45, 2.75) is 6.61 Å². The SMILES string of the molecule is COCc1cccc(OP(=O)(O)O)c1. The quantitative estimate of drug-likeness (QED) is 0.745. The van der Waals surface area contributed by atoms with Crippen LogP contribution in [-0.4, -0.2) is 16.9 Å². The van der Waals surface area contributed by atoms with Crippen LogP contribution in [-0.2, 0) is 15.9 Å². The molecule has 14 heavy (non-hydrogen) atoms. The fourth-order valence-electron chi connectivity index (χ4n) is 0.996. The highest BCUT2D eigenvalue weighted by Gasteiger charge is 2.15. The van der Waals surface area contributed by atoms with Crippen LogP contribution in [0.3, 0.4) is 0 Å². The molecule has 0 spiro atoms. The van der Waals surface area contributed by atoms with E-state index in [-0.39, 0.29) is 5.75 Å². The van der Waals surface area contributed by atoms with Gasteiger partial charge in [0.15, 0.2) is 0 Å². The van der Waals surface area contributed by atoms with Crippen molar-refractivity contribution in [1.29, 1.82) is 0 Å². The van der Waals surface area contributed by atoms with Crippen molar-refractivity contribution in [2.24, 2.45) is 0 Å². The molecule has 5 nitrogen and oxygen atoms in total. The Kier molecular flexibility index (Phi) is 3.66. The van der Waals surface area contributed by atoms with Gasteiger partial charge in [0.25, 0.3) is 0 Å². The van der Waals surface area contributed by atoms with Gasteiger partial charge < -0.3 is 9.26 Å². The zero-order valence-electron chi connectivity index (χ0n) is 7.58. The largest absolute Gasteiger partial charge is 0.524 e. The molecule has 78 valence electrons. The van der Waals surface area contributed by atoms with E-state index in [0.717, 1.165) is 5.56 Å². The summed E-state index contributed by atoms with van der Waals surface area (Å²) in [7, 11) is -2.93. The number of ether oxygens (including phenoxy) is 1. The number of hydrogen-bond donors (Lipinski definition) is 2. The van der Waals surface area contributed by atoms with Crippen LogP contribution in [0, 0.1) is 0 Å². The van der Waals surface area contributed by atoms with E-state index in [1.807, 2.05) is 0 Å². The second-order valence-corrected chi connectivity index (χ2v) is 3.83. The zero-order chi connectivity index (χ0) is 10.6. The van der Waals surface area contributed by atoms with Crippen LogP contribution in [0.4, 0.5) is 0 Å². The average molecular weight is 218 g/mol. The van der Waals surface area contributed by atoms with Gasteiger partial charge in [-0.1, -0.05) is 12.1 Å². The molecule has 0 aliphatic heterocycles. The van der Waals surface area contributed by atoms with Crippen LogP contribution >= 0.6 is 7.82 Å². The molecule has 0 fully saturated rings. The Bertz CT molecular complexity index is 345. The minimum absolute atomic E-state index is 0.132. The molecule has 1 rings (SSSR count). The number of phosphoric ester groups is 1. The molecular weight excluding hydrogens is 207 g/mol. The Hall–Kier alpha value is -0.870. The molecule has 0 atom stereocenters. The van der Waals surface area contributed by atoms with Gasteiger partial charge in [0, 0.05) is 7.11 Å². The predicted molar refractivity (Wildman–Crippen MR) is 49.8 cm³/mol. The maximum atomic E-state index is 10.5. The molecule has 2 N–H and O–H groups in total. The molecule has 6 heteroatoms. The lowest BCUT2D eigenvalue weighted by Gasteiger charge is -2.07. The molecule has 0 aromatic heterocycles. The molecule has 0 amide bonds. The van der Waals surface area contributed by atoms with E-state index in [4.69, 9.17) is 14.5 Å². The number of hydrogen-bond acceptors (Lipinski definition) is 3. The first kappa shape index (κ1) is 11.2. The molecule has 0 aliphatic carbocycles. The fourth-order valence-corrected chi connectivity index (χ4v) is 1.38. The standard InChI is InChI=1S/C8H11O5P/c1-12-6-7-3-2-4-8(5-7)13-14(9,10)11/h2-5H,6H2,1H3,(H2,9,10,11). The van der Waals surface area contributed by atoms with Gasteiger partial charge in [-0.3, -0.25) is 9.79 Å². The number of methoxy groups -OCH3 is 1.